The van der Waals surface area contributed by atoms with Crippen molar-refractivity contribution < 1.29 is 4.42 Å². The van der Waals surface area contributed by atoms with Gasteiger partial charge in [-0.25, -0.2) is 9.97 Å². The van der Waals surface area contributed by atoms with Crippen molar-refractivity contribution in [2.45, 2.75) is 0 Å². The fraction of sp³-hybridized carbons (Fsp3) is 0. The highest BCUT2D eigenvalue weighted by atomic mass is 16.3. The lowest BCUT2D eigenvalue weighted by molar-refractivity contribution is 0.670. The number of rotatable bonds is 5. The molecule has 0 N–H and O–H groups in total. The van der Waals surface area contributed by atoms with Crippen LogP contribution < -0.4 is 0 Å². The molecule has 2 heterocycles. The van der Waals surface area contributed by atoms with Crippen LogP contribution in [0.4, 0.5) is 0 Å². The molecule has 0 aliphatic heterocycles. The standard InChI is InChI=1S/C48H30N2O/c1-2-14-33(15-3-1)48-49-44(30-45(50-48)41-21-10-17-32-13-6-7-18-39(32)41)38-28-36(35-25-24-31-12-4-5-16-34(31)26-35)27-37(29-38)40-20-11-22-43-42-19-8-9-23-46(42)51-47(40)43/h1-30H. The minimum atomic E-state index is 0.688. The van der Waals surface area contributed by atoms with Crippen molar-refractivity contribution in [3.8, 4) is 56.2 Å². The van der Waals surface area contributed by atoms with Crippen LogP contribution in [0.5, 0.6) is 0 Å². The van der Waals surface area contributed by atoms with Crippen LogP contribution in [0.15, 0.2) is 186 Å². The molecule has 3 heteroatoms. The molecule has 0 bridgehead atoms. The molecule has 0 aliphatic rings. The normalized spacial score (nSPS) is 11.5. The van der Waals surface area contributed by atoms with Crippen molar-refractivity contribution in [2.24, 2.45) is 0 Å². The molecule has 0 aliphatic carbocycles. The molecule has 10 rings (SSSR count). The number of hydrogen-bond donors (Lipinski definition) is 0. The molecule has 0 fully saturated rings. The van der Waals surface area contributed by atoms with E-state index >= 15 is 0 Å². The summed E-state index contributed by atoms with van der Waals surface area (Å²) in [5.74, 6) is 0.688. The molecule has 3 nitrogen and oxygen atoms in total. The van der Waals surface area contributed by atoms with Gasteiger partial charge in [0, 0.05) is 33.0 Å². The predicted octanol–water partition coefficient (Wildman–Crippen LogP) is 13.0. The lowest BCUT2D eigenvalue weighted by Gasteiger charge is -2.14. The Morgan fingerprint density at radius 1 is 0.333 bits per heavy atom. The highest BCUT2D eigenvalue weighted by Gasteiger charge is 2.17. The number of aromatic nitrogens is 2. The molecule has 0 saturated heterocycles. The highest BCUT2D eigenvalue weighted by molar-refractivity contribution is 6.10. The predicted molar refractivity (Wildman–Crippen MR) is 212 cm³/mol. The molecule has 238 valence electrons. The third-order valence-corrected chi connectivity index (χ3v) is 9.85. The van der Waals surface area contributed by atoms with Crippen molar-refractivity contribution in [1.29, 1.82) is 0 Å². The van der Waals surface area contributed by atoms with E-state index in [0.717, 1.165) is 77.7 Å². The third-order valence-electron chi connectivity index (χ3n) is 9.85. The zero-order valence-corrected chi connectivity index (χ0v) is 27.6. The Kier molecular flexibility index (Phi) is 6.81. The molecule has 51 heavy (non-hydrogen) atoms. The molecule has 0 spiro atoms. The van der Waals surface area contributed by atoms with Gasteiger partial charge in [0.25, 0.3) is 0 Å². The SMILES string of the molecule is c1ccc(-c2nc(-c3cc(-c4ccc5ccccc5c4)cc(-c4cccc5c4oc4ccccc45)c3)cc(-c3cccc4ccccc34)n2)cc1. The van der Waals surface area contributed by atoms with Crippen LogP contribution >= 0.6 is 0 Å². The smallest absolute Gasteiger partial charge is 0.160 e. The largest absolute Gasteiger partial charge is 0.455 e. The Hall–Kier alpha value is -6.84. The number of benzene rings is 8. The van der Waals surface area contributed by atoms with E-state index in [2.05, 4.69) is 152 Å². The zero-order chi connectivity index (χ0) is 33.7. The van der Waals surface area contributed by atoms with E-state index in [1.807, 2.05) is 30.3 Å². The summed E-state index contributed by atoms with van der Waals surface area (Å²) in [7, 11) is 0. The Balaban J connectivity index is 1.24. The molecule has 2 aromatic heterocycles. The van der Waals surface area contributed by atoms with Crippen molar-refractivity contribution in [3.05, 3.63) is 182 Å². The summed E-state index contributed by atoms with van der Waals surface area (Å²) in [6, 6.07) is 63.9. The Morgan fingerprint density at radius 3 is 1.88 bits per heavy atom. The summed E-state index contributed by atoms with van der Waals surface area (Å²) in [6.07, 6.45) is 0. The number of furan rings is 1. The summed E-state index contributed by atoms with van der Waals surface area (Å²) in [5, 5.41) is 6.97. The maximum Gasteiger partial charge on any atom is 0.160 e. The van der Waals surface area contributed by atoms with E-state index < -0.39 is 0 Å². The van der Waals surface area contributed by atoms with Gasteiger partial charge < -0.3 is 4.42 Å². The molecule has 8 aromatic carbocycles. The van der Waals surface area contributed by atoms with Crippen LogP contribution in [0, 0.1) is 0 Å². The first-order valence-electron chi connectivity index (χ1n) is 17.2. The van der Waals surface area contributed by atoms with Gasteiger partial charge >= 0.3 is 0 Å². The van der Waals surface area contributed by atoms with E-state index in [0.29, 0.717) is 5.82 Å². The fourth-order valence-electron chi connectivity index (χ4n) is 7.34. The summed E-state index contributed by atoms with van der Waals surface area (Å²) >= 11 is 0. The number of para-hydroxylation sites is 2. The molecule has 0 radical (unpaired) electrons. The van der Waals surface area contributed by atoms with E-state index in [-0.39, 0.29) is 0 Å². The second-order valence-corrected chi connectivity index (χ2v) is 13.0. The lowest BCUT2D eigenvalue weighted by Crippen LogP contribution is -1.97. The van der Waals surface area contributed by atoms with Crippen LogP contribution in [-0.2, 0) is 0 Å². The van der Waals surface area contributed by atoms with Crippen LogP contribution in [0.1, 0.15) is 0 Å². The van der Waals surface area contributed by atoms with Crippen LogP contribution in [-0.4, -0.2) is 9.97 Å². The summed E-state index contributed by atoms with van der Waals surface area (Å²) in [4.78, 5) is 10.4. The van der Waals surface area contributed by atoms with E-state index in [9.17, 15) is 0 Å². The average Bonchev–Trinajstić information content (AvgIpc) is 3.59. The van der Waals surface area contributed by atoms with Gasteiger partial charge in [-0.15, -0.1) is 0 Å². The van der Waals surface area contributed by atoms with Crippen LogP contribution in [0.3, 0.4) is 0 Å². The lowest BCUT2D eigenvalue weighted by atomic mass is 9.92. The Bertz CT molecular complexity index is 2920. The van der Waals surface area contributed by atoms with Crippen molar-refractivity contribution in [2.75, 3.05) is 0 Å². The molecule has 0 atom stereocenters. The molecule has 10 aromatic rings. The topological polar surface area (TPSA) is 38.9 Å². The first kappa shape index (κ1) is 29.1. The first-order chi connectivity index (χ1) is 25.2. The first-order valence-corrected chi connectivity index (χ1v) is 17.2. The highest BCUT2D eigenvalue weighted by Crippen LogP contribution is 2.40. The minimum absolute atomic E-state index is 0.688. The fourth-order valence-corrected chi connectivity index (χ4v) is 7.34. The summed E-state index contributed by atoms with van der Waals surface area (Å²) in [6.45, 7) is 0. The molecular weight excluding hydrogens is 621 g/mol. The monoisotopic (exact) mass is 650 g/mol. The van der Waals surface area contributed by atoms with Crippen LogP contribution in [0.25, 0.3) is 99.6 Å². The molecule has 0 amide bonds. The van der Waals surface area contributed by atoms with E-state index in [4.69, 9.17) is 14.4 Å². The molecular formula is C48H30N2O. The Labute approximate surface area is 295 Å². The Morgan fingerprint density at radius 2 is 0.980 bits per heavy atom. The van der Waals surface area contributed by atoms with Gasteiger partial charge in [-0.05, 0) is 74.6 Å². The second kappa shape index (κ2) is 11.9. The molecule has 0 saturated carbocycles. The van der Waals surface area contributed by atoms with Gasteiger partial charge in [0.1, 0.15) is 11.2 Å². The van der Waals surface area contributed by atoms with Crippen LogP contribution in [0.2, 0.25) is 0 Å². The van der Waals surface area contributed by atoms with E-state index in [1.165, 1.54) is 16.2 Å². The number of nitrogens with zero attached hydrogens (tertiary/aromatic N) is 2. The average molecular weight is 651 g/mol. The van der Waals surface area contributed by atoms with Crippen molar-refractivity contribution in [3.63, 3.8) is 0 Å². The zero-order valence-electron chi connectivity index (χ0n) is 27.6. The maximum absolute atomic E-state index is 6.56. The van der Waals surface area contributed by atoms with Gasteiger partial charge in [-0.2, -0.15) is 0 Å². The number of fused-ring (bicyclic) bond motifs is 5. The van der Waals surface area contributed by atoms with Gasteiger partial charge in [-0.3, -0.25) is 0 Å². The minimum Gasteiger partial charge on any atom is -0.455 e. The maximum atomic E-state index is 6.56. The van der Waals surface area contributed by atoms with Gasteiger partial charge in [0.15, 0.2) is 5.82 Å². The van der Waals surface area contributed by atoms with Gasteiger partial charge in [-0.1, -0.05) is 146 Å². The van der Waals surface area contributed by atoms with Crippen molar-refractivity contribution >= 4 is 43.5 Å². The quantitative estimate of drug-likeness (QED) is 0.186. The second-order valence-electron chi connectivity index (χ2n) is 13.0. The summed E-state index contributed by atoms with van der Waals surface area (Å²) in [5.41, 5.74) is 10.9. The van der Waals surface area contributed by atoms with Gasteiger partial charge in [0.2, 0.25) is 0 Å². The molecule has 0 unspecified atom stereocenters. The third kappa shape index (κ3) is 5.15. The van der Waals surface area contributed by atoms with E-state index in [1.54, 1.807) is 0 Å². The number of hydrogen-bond acceptors (Lipinski definition) is 3. The van der Waals surface area contributed by atoms with Crippen molar-refractivity contribution in [1.82, 2.24) is 9.97 Å². The van der Waals surface area contributed by atoms with Gasteiger partial charge in [0.05, 0.1) is 11.4 Å². The summed E-state index contributed by atoms with van der Waals surface area (Å²) < 4.78 is 6.56.